The average molecular weight is 168 g/mol. The summed E-state index contributed by atoms with van der Waals surface area (Å²) in [6.45, 7) is 5.36. The predicted molar refractivity (Wildman–Crippen MR) is 52.3 cm³/mol. The first-order valence-corrected chi connectivity index (χ1v) is 5.06. The molecule has 1 atom stereocenters. The molecule has 1 heteroatoms. The first kappa shape index (κ1) is 9.79. The largest absolute Gasteiger partial charge is 0.370 e. The van der Waals surface area contributed by atoms with Crippen molar-refractivity contribution in [2.24, 2.45) is 0 Å². The Kier molecular flexibility index (Phi) is 3.80. The lowest BCUT2D eigenvalue weighted by atomic mass is 10.1. The molecule has 70 valence electrons. The Bertz CT molecular complexity index is 145. The van der Waals surface area contributed by atoms with Crippen LogP contribution in [0.25, 0.3) is 0 Å². The van der Waals surface area contributed by atoms with Gasteiger partial charge in [0.1, 0.15) is 0 Å². The monoisotopic (exact) mass is 168 g/mol. The maximum atomic E-state index is 5.27. The van der Waals surface area contributed by atoms with Crippen molar-refractivity contribution in [1.29, 1.82) is 0 Å². The quantitative estimate of drug-likeness (QED) is 0.337. The molecule has 1 saturated heterocycles. The van der Waals surface area contributed by atoms with Gasteiger partial charge in [0.2, 0.25) is 0 Å². The highest BCUT2D eigenvalue weighted by molar-refractivity contribution is 4.96. The van der Waals surface area contributed by atoms with Gasteiger partial charge in [-0.15, -0.1) is 0 Å². The van der Waals surface area contributed by atoms with Crippen LogP contribution in [0.5, 0.6) is 0 Å². The summed E-state index contributed by atoms with van der Waals surface area (Å²) in [6.07, 6.45) is 10.9. The van der Waals surface area contributed by atoms with E-state index in [0.29, 0.717) is 0 Å². The molecule has 0 amide bonds. The molecule has 1 unspecified atom stereocenters. The van der Waals surface area contributed by atoms with Crippen molar-refractivity contribution in [2.75, 3.05) is 6.61 Å². The van der Waals surface area contributed by atoms with Crippen LogP contribution >= 0.6 is 0 Å². The van der Waals surface area contributed by atoms with Crippen LogP contribution in [0.4, 0.5) is 0 Å². The van der Waals surface area contributed by atoms with E-state index in [2.05, 4.69) is 26.0 Å². The number of hydrogen-bond acceptors (Lipinski definition) is 1. The molecule has 0 aliphatic carbocycles. The normalized spacial score (nSPS) is 28.2. The molecule has 0 spiro atoms. The van der Waals surface area contributed by atoms with Gasteiger partial charge in [-0.3, -0.25) is 0 Å². The molecule has 0 bridgehead atoms. The van der Waals surface area contributed by atoms with E-state index in [1.165, 1.54) is 25.7 Å². The van der Waals surface area contributed by atoms with Gasteiger partial charge >= 0.3 is 0 Å². The van der Waals surface area contributed by atoms with Crippen molar-refractivity contribution in [3.05, 3.63) is 12.2 Å². The fourth-order valence-electron chi connectivity index (χ4n) is 1.20. The maximum absolute atomic E-state index is 5.27. The molecule has 0 aromatic carbocycles. The van der Waals surface area contributed by atoms with Gasteiger partial charge in [-0.1, -0.05) is 31.9 Å². The second-order valence-corrected chi connectivity index (χ2v) is 3.91. The lowest BCUT2D eigenvalue weighted by Gasteiger charge is -1.97. The molecule has 1 heterocycles. The Hall–Kier alpha value is -0.300. The third-order valence-corrected chi connectivity index (χ3v) is 2.33. The fraction of sp³-hybridized carbons (Fsp3) is 0.818. The SMILES string of the molecule is CCCCC/C=C/CC1(C)CO1. The Morgan fingerprint density at radius 2 is 2.08 bits per heavy atom. The van der Waals surface area contributed by atoms with E-state index in [1.54, 1.807) is 0 Å². The molecule has 1 aliphatic rings. The summed E-state index contributed by atoms with van der Waals surface area (Å²) in [5.74, 6) is 0. The predicted octanol–water partition coefficient (Wildman–Crippen LogP) is 3.30. The number of ether oxygens (including phenoxy) is 1. The topological polar surface area (TPSA) is 12.5 Å². The van der Waals surface area contributed by atoms with Gasteiger partial charge in [0.05, 0.1) is 12.2 Å². The van der Waals surface area contributed by atoms with Crippen LogP contribution in [-0.4, -0.2) is 12.2 Å². The van der Waals surface area contributed by atoms with Gasteiger partial charge in [0.25, 0.3) is 0 Å². The van der Waals surface area contributed by atoms with Crippen molar-refractivity contribution in [3.63, 3.8) is 0 Å². The van der Waals surface area contributed by atoms with E-state index in [9.17, 15) is 0 Å². The van der Waals surface area contributed by atoms with Crippen LogP contribution in [-0.2, 0) is 4.74 Å². The average Bonchev–Trinajstić information content (AvgIpc) is 2.77. The molecule has 12 heavy (non-hydrogen) atoms. The summed E-state index contributed by atoms with van der Waals surface area (Å²) >= 11 is 0. The van der Waals surface area contributed by atoms with Crippen molar-refractivity contribution in [2.45, 2.75) is 51.6 Å². The number of allylic oxidation sites excluding steroid dienone is 1. The second kappa shape index (κ2) is 4.66. The summed E-state index contributed by atoms with van der Waals surface area (Å²) < 4.78 is 5.27. The van der Waals surface area contributed by atoms with E-state index < -0.39 is 0 Å². The Balaban J connectivity index is 1.91. The fourth-order valence-corrected chi connectivity index (χ4v) is 1.20. The Labute approximate surface area is 75.8 Å². The summed E-state index contributed by atoms with van der Waals surface area (Å²) in [5, 5.41) is 0. The molecule has 0 N–H and O–H groups in total. The van der Waals surface area contributed by atoms with Crippen LogP contribution in [0.1, 0.15) is 46.0 Å². The van der Waals surface area contributed by atoms with Crippen molar-refractivity contribution in [3.8, 4) is 0 Å². The molecule has 0 saturated carbocycles. The molecule has 1 nitrogen and oxygen atoms in total. The lowest BCUT2D eigenvalue weighted by molar-refractivity contribution is 0.325. The van der Waals surface area contributed by atoms with Crippen molar-refractivity contribution < 1.29 is 4.74 Å². The standard InChI is InChI=1S/C11H20O/c1-3-4-5-6-7-8-9-11(2)10-12-11/h7-8H,3-6,9-10H2,1-2H3/b8-7+. The van der Waals surface area contributed by atoms with Crippen molar-refractivity contribution in [1.82, 2.24) is 0 Å². The molecular formula is C11H20O. The molecule has 1 fully saturated rings. The first-order chi connectivity index (χ1) is 5.77. The number of epoxide rings is 1. The summed E-state index contributed by atoms with van der Waals surface area (Å²) in [4.78, 5) is 0. The van der Waals surface area contributed by atoms with E-state index in [4.69, 9.17) is 4.74 Å². The van der Waals surface area contributed by atoms with Gasteiger partial charge < -0.3 is 4.74 Å². The molecule has 1 aliphatic heterocycles. The minimum atomic E-state index is 0.210. The number of hydrogen-bond donors (Lipinski definition) is 0. The third-order valence-electron chi connectivity index (χ3n) is 2.33. The highest BCUT2D eigenvalue weighted by atomic mass is 16.6. The van der Waals surface area contributed by atoms with Gasteiger partial charge in [0.15, 0.2) is 0 Å². The van der Waals surface area contributed by atoms with Gasteiger partial charge in [-0.2, -0.15) is 0 Å². The highest BCUT2D eigenvalue weighted by Gasteiger charge is 2.37. The van der Waals surface area contributed by atoms with Crippen LogP contribution in [0, 0.1) is 0 Å². The Morgan fingerprint density at radius 1 is 1.33 bits per heavy atom. The minimum absolute atomic E-state index is 0.210. The van der Waals surface area contributed by atoms with Crippen LogP contribution in [0.2, 0.25) is 0 Å². The van der Waals surface area contributed by atoms with Gasteiger partial charge in [-0.25, -0.2) is 0 Å². The van der Waals surface area contributed by atoms with Gasteiger partial charge in [-0.05, 0) is 26.2 Å². The summed E-state index contributed by atoms with van der Waals surface area (Å²) in [7, 11) is 0. The third kappa shape index (κ3) is 3.91. The zero-order chi connectivity index (χ0) is 8.86. The van der Waals surface area contributed by atoms with Crippen LogP contribution in [0.3, 0.4) is 0 Å². The van der Waals surface area contributed by atoms with E-state index in [-0.39, 0.29) is 5.60 Å². The second-order valence-electron chi connectivity index (χ2n) is 3.91. The van der Waals surface area contributed by atoms with E-state index >= 15 is 0 Å². The lowest BCUT2D eigenvalue weighted by Crippen LogP contribution is -2.00. The highest BCUT2D eigenvalue weighted by Crippen LogP contribution is 2.30. The molecule has 0 aromatic rings. The minimum Gasteiger partial charge on any atom is -0.370 e. The number of unbranched alkanes of at least 4 members (excludes halogenated alkanes) is 3. The Morgan fingerprint density at radius 3 is 2.67 bits per heavy atom. The smallest absolute Gasteiger partial charge is 0.0922 e. The first-order valence-electron chi connectivity index (χ1n) is 5.06. The van der Waals surface area contributed by atoms with E-state index in [1.807, 2.05) is 0 Å². The zero-order valence-corrected chi connectivity index (χ0v) is 8.31. The molecule has 0 radical (unpaired) electrons. The number of rotatable bonds is 6. The van der Waals surface area contributed by atoms with Gasteiger partial charge in [0, 0.05) is 0 Å². The molecular weight excluding hydrogens is 148 g/mol. The zero-order valence-electron chi connectivity index (χ0n) is 8.31. The van der Waals surface area contributed by atoms with E-state index in [0.717, 1.165) is 13.0 Å². The van der Waals surface area contributed by atoms with Crippen LogP contribution < -0.4 is 0 Å². The molecule has 1 rings (SSSR count). The van der Waals surface area contributed by atoms with Crippen molar-refractivity contribution >= 4 is 0 Å². The molecule has 0 aromatic heterocycles. The maximum Gasteiger partial charge on any atom is 0.0922 e. The summed E-state index contributed by atoms with van der Waals surface area (Å²) in [5.41, 5.74) is 0.210. The summed E-state index contributed by atoms with van der Waals surface area (Å²) in [6, 6.07) is 0. The van der Waals surface area contributed by atoms with Crippen LogP contribution in [0.15, 0.2) is 12.2 Å².